The first kappa shape index (κ1) is 18.9. The topological polar surface area (TPSA) is 9.23 Å². The summed E-state index contributed by atoms with van der Waals surface area (Å²) in [5.41, 5.74) is 0. The molecule has 1 nitrogen and oxygen atoms in total. The smallest absolute Gasteiger partial charge is 0.253 e. The third-order valence-electron chi connectivity index (χ3n) is 4.45. The lowest BCUT2D eigenvalue weighted by Crippen LogP contribution is -2.43. The average molecular weight is 304 g/mol. The van der Waals surface area contributed by atoms with E-state index in [0.29, 0.717) is 0 Å². The van der Waals surface area contributed by atoms with Crippen LogP contribution in [0.4, 0.5) is 8.78 Å². The molecule has 0 N–H and O–H groups in total. The molecule has 1 fully saturated rings. The molecular weight excluding hydrogens is 270 g/mol. The summed E-state index contributed by atoms with van der Waals surface area (Å²) in [5.74, 6) is -2.46. The normalized spacial score (nSPS) is 19.4. The lowest BCUT2D eigenvalue weighted by atomic mass is 9.90. The molecule has 0 aromatic heterocycles. The van der Waals surface area contributed by atoms with Crippen LogP contribution in [-0.4, -0.2) is 18.1 Å². The molecular formula is C18H34F2O. The lowest BCUT2D eigenvalue weighted by Gasteiger charge is -2.37. The van der Waals surface area contributed by atoms with Crippen molar-refractivity contribution in [2.24, 2.45) is 0 Å². The van der Waals surface area contributed by atoms with Gasteiger partial charge in [0.05, 0.1) is 12.2 Å². The highest BCUT2D eigenvalue weighted by atomic mass is 19.3. The van der Waals surface area contributed by atoms with Gasteiger partial charge in [-0.25, -0.2) is 8.78 Å². The van der Waals surface area contributed by atoms with E-state index in [-0.39, 0.29) is 25.0 Å². The number of hydrogen-bond acceptors (Lipinski definition) is 1. The molecule has 126 valence electrons. The highest BCUT2D eigenvalue weighted by molar-refractivity contribution is 4.87. The number of rotatable bonds is 13. The number of halogens is 2. The van der Waals surface area contributed by atoms with Gasteiger partial charge in [-0.2, -0.15) is 0 Å². The Kier molecular flexibility index (Phi) is 9.46. The van der Waals surface area contributed by atoms with Crippen molar-refractivity contribution in [1.29, 1.82) is 0 Å². The second-order valence-electron chi connectivity index (χ2n) is 6.70. The van der Waals surface area contributed by atoms with Crippen molar-refractivity contribution in [2.45, 2.75) is 115 Å². The SMILES string of the molecule is CCCCCCCC(CCCCCC)OC1CC(F)(F)C1. The van der Waals surface area contributed by atoms with Crippen molar-refractivity contribution >= 4 is 0 Å². The van der Waals surface area contributed by atoms with Gasteiger partial charge in [0, 0.05) is 12.8 Å². The monoisotopic (exact) mass is 304 g/mol. The Balaban J connectivity index is 2.18. The standard InChI is InChI=1S/C18H34F2O/c1-3-5-7-9-11-13-16(12-10-8-6-4-2)21-17-14-18(19,20)15-17/h16-17H,3-15H2,1-2H3. The summed E-state index contributed by atoms with van der Waals surface area (Å²) in [6.45, 7) is 4.43. The number of unbranched alkanes of at least 4 members (excludes halogenated alkanes) is 7. The van der Waals surface area contributed by atoms with Crippen LogP contribution in [0.15, 0.2) is 0 Å². The molecule has 1 unspecified atom stereocenters. The van der Waals surface area contributed by atoms with Crippen LogP contribution in [0.2, 0.25) is 0 Å². The van der Waals surface area contributed by atoms with Crippen LogP contribution in [-0.2, 0) is 4.74 Å². The molecule has 1 saturated carbocycles. The van der Waals surface area contributed by atoms with Crippen LogP contribution in [0.3, 0.4) is 0 Å². The molecule has 0 amide bonds. The van der Waals surface area contributed by atoms with Gasteiger partial charge >= 0.3 is 0 Å². The van der Waals surface area contributed by atoms with Gasteiger partial charge in [0.2, 0.25) is 0 Å². The number of alkyl halides is 2. The van der Waals surface area contributed by atoms with Gasteiger partial charge in [-0.3, -0.25) is 0 Å². The van der Waals surface area contributed by atoms with Crippen molar-refractivity contribution in [2.75, 3.05) is 0 Å². The van der Waals surface area contributed by atoms with E-state index in [1.54, 1.807) is 0 Å². The molecule has 0 aromatic carbocycles. The van der Waals surface area contributed by atoms with Crippen molar-refractivity contribution in [1.82, 2.24) is 0 Å². The third-order valence-corrected chi connectivity index (χ3v) is 4.45. The summed E-state index contributed by atoms with van der Waals surface area (Å²) in [5, 5.41) is 0. The summed E-state index contributed by atoms with van der Waals surface area (Å²) >= 11 is 0. The minimum absolute atomic E-state index is 0.0612. The van der Waals surface area contributed by atoms with Gasteiger partial charge in [-0.1, -0.05) is 71.6 Å². The van der Waals surface area contributed by atoms with Gasteiger partial charge in [0.1, 0.15) is 0 Å². The second kappa shape index (κ2) is 10.5. The maximum Gasteiger partial charge on any atom is 0.253 e. The third kappa shape index (κ3) is 8.75. The Morgan fingerprint density at radius 3 is 1.81 bits per heavy atom. The van der Waals surface area contributed by atoms with Gasteiger partial charge in [-0.05, 0) is 12.8 Å². The summed E-state index contributed by atoms with van der Waals surface area (Å²) in [6.07, 6.45) is 13.2. The van der Waals surface area contributed by atoms with E-state index in [2.05, 4.69) is 13.8 Å². The zero-order valence-electron chi connectivity index (χ0n) is 14.0. The summed E-state index contributed by atoms with van der Waals surface area (Å²) < 4.78 is 31.7. The van der Waals surface area contributed by atoms with Crippen molar-refractivity contribution in [3.63, 3.8) is 0 Å². The van der Waals surface area contributed by atoms with E-state index in [9.17, 15) is 8.78 Å². The van der Waals surface area contributed by atoms with E-state index < -0.39 is 5.92 Å². The van der Waals surface area contributed by atoms with Crippen LogP contribution in [0, 0.1) is 0 Å². The molecule has 3 heteroatoms. The maximum atomic E-state index is 12.9. The largest absolute Gasteiger partial charge is 0.375 e. The minimum atomic E-state index is -2.46. The first-order valence-corrected chi connectivity index (χ1v) is 9.10. The molecule has 1 atom stereocenters. The summed E-state index contributed by atoms with van der Waals surface area (Å²) in [6, 6.07) is 0. The van der Waals surface area contributed by atoms with E-state index >= 15 is 0 Å². The Labute approximate surface area is 129 Å². The molecule has 1 aliphatic rings. The summed E-state index contributed by atoms with van der Waals surface area (Å²) in [4.78, 5) is 0. The minimum Gasteiger partial charge on any atom is -0.375 e. The molecule has 0 heterocycles. The first-order chi connectivity index (χ1) is 10.1. The van der Waals surface area contributed by atoms with Crippen LogP contribution in [0.1, 0.15) is 97.3 Å². The summed E-state index contributed by atoms with van der Waals surface area (Å²) in [7, 11) is 0. The molecule has 0 aliphatic heterocycles. The average Bonchev–Trinajstić information content (AvgIpc) is 2.40. The Morgan fingerprint density at radius 2 is 1.33 bits per heavy atom. The van der Waals surface area contributed by atoms with Crippen molar-refractivity contribution in [3.8, 4) is 0 Å². The van der Waals surface area contributed by atoms with Gasteiger partial charge in [-0.15, -0.1) is 0 Å². The fraction of sp³-hybridized carbons (Fsp3) is 1.00. The maximum absolute atomic E-state index is 12.9. The molecule has 1 rings (SSSR count). The highest BCUT2D eigenvalue weighted by Crippen LogP contribution is 2.40. The molecule has 0 aromatic rings. The molecule has 0 radical (unpaired) electrons. The second-order valence-corrected chi connectivity index (χ2v) is 6.70. The molecule has 0 saturated heterocycles. The first-order valence-electron chi connectivity index (χ1n) is 9.10. The number of ether oxygens (including phenoxy) is 1. The van der Waals surface area contributed by atoms with Crippen molar-refractivity contribution in [3.05, 3.63) is 0 Å². The van der Waals surface area contributed by atoms with Crippen LogP contribution < -0.4 is 0 Å². The lowest BCUT2D eigenvalue weighted by molar-refractivity contribution is -0.183. The number of hydrogen-bond donors (Lipinski definition) is 0. The fourth-order valence-corrected chi connectivity index (χ4v) is 3.03. The van der Waals surface area contributed by atoms with Crippen LogP contribution in [0.25, 0.3) is 0 Å². The van der Waals surface area contributed by atoms with Gasteiger partial charge in [0.15, 0.2) is 0 Å². The Morgan fingerprint density at radius 1 is 0.857 bits per heavy atom. The fourth-order valence-electron chi connectivity index (χ4n) is 3.03. The molecule has 1 aliphatic carbocycles. The van der Waals surface area contributed by atoms with Crippen LogP contribution >= 0.6 is 0 Å². The van der Waals surface area contributed by atoms with E-state index in [4.69, 9.17) is 4.74 Å². The highest BCUT2D eigenvalue weighted by Gasteiger charge is 2.46. The van der Waals surface area contributed by atoms with E-state index in [1.807, 2.05) is 0 Å². The quantitative estimate of drug-likeness (QED) is 0.353. The zero-order chi connectivity index (χ0) is 15.6. The van der Waals surface area contributed by atoms with Gasteiger partial charge in [0.25, 0.3) is 5.92 Å². The van der Waals surface area contributed by atoms with E-state index in [0.717, 1.165) is 12.8 Å². The Bertz CT molecular complexity index is 248. The van der Waals surface area contributed by atoms with Crippen LogP contribution in [0.5, 0.6) is 0 Å². The molecule has 0 spiro atoms. The molecule has 21 heavy (non-hydrogen) atoms. The van der Waals surface area contributed by atoms with E-state index in [1.165, 1.54) is 57.8 Å². The van der Waals surface area contributed by atoms with Gasteiger partial charge < -0.3 is 4.74 Å². The molecule has 0 bridgehead atoms. The Hall–Kier alpha value is -0.180. The predicted molar refractivity (Wildman–Crippen MR) is 85.0 cm³/mol. The zero-order valence-corrected chi connectivity index (χ0v) is 14.0. The predicted octanol–water partition coefficient (Wildman–Crippen LogP) is 6.50. The van der Waals surface area contributed by atoms with Crippen molar-refractivity contribution < 1.29 is 13.5 Å².